The van der Waals surface area contributed by atoms with Crippen molar-refractivity contribution in [2.24, 2.45) is 11.3 Å². The van der Waals surface area contributed by atoms with Crippen molar-refractivity contribution in [2.75, 3.05) is 7.11 Å². The standard InChI is InChI=1S/C15H25NO4/c1-10(2)16-14(18)20-12-6-8-15(13(17)19-3)7-4-5-11(12)9-15/h10-12H,4-9H2,1-3H3,(H,16,18). The molecule has 3 unspecified atom stereocenters. The number of esters is 1. The Kier molecular flexibility index (Phi) is 4.55. The number of hydrogen-bond donors (Lipinski definition) is 1. The number of carbonyl (C=O) groups is 2. The van der Waals surface area contributed by atoms with Gasteiger partial charge in [0.05, 0.1) is 12.5 Å². The molecule has 0 aromatic carbocycles. The average Bonchev–Trinajstić information content (AvgIpc) is 2.41. The molecule has 1 N–H and O–H groups in total. The van der Waals surface area contributed by atoms with Crippen LogP contribution >= 0.6 is 0 Å². The van der Waals surface area contributed by atoms with Gasteiger partial charge in [-0.05, 0) is 51.9 Å². The summed E-state index contributed by atoms with van der Waals surface area (Å²) in [6.07, 6.45) is 4.83. The molecule has 2 bridgehead atoms. The van der Waals surface area contributed by atoms with Crippen LogP contribution in [0.4, 0.5) is 4.79 Å². The number of amides is 1. The Morgan fingerprint density at radius 2 is 2.00 bits per heavy atom. The quantitative estimate of drug-likeness (QED) is 0.809. The molecule has 0 aromatic heterocycles. The van der Waals surface area contributed by atoms with E-state index < -0.39 is 0 Å². The van der Waals surface area contributed by atoms with Gasteiger partial charge in [0.1, 0.15) is 6.10 Å². The Bertz CT molecular complexity index is 382. The summed E-state index contributed by atoms with van der Waals surface area (Å²) in [5.74, 6) is 0.196. The van der Waals surface area contributed by atoms with Gasteiger partial charge in [-0.15, -0.1) is 0 Å². The van der Waals surface area contributed by atoms with Crippen molar-refractivity contribution in [2.45, 2.75) is 64.5 Å². The highest BCUT2D eigenvalue weighted by Gasteiger charge is 2.50. The number of rotatable bonds is 3. The van der Waals surface area contributed by atoms with E-state index in [1.54, 1.807) is 0 Å². The van der Waals surface area contributed by atoms with Crippen LogP contribution in [0.25, 0.3) is 0 Å². The molecule has 0 heterocycles. The van der Waals surface area contributed by atoms with Gasteiger partial charge in [-0.3, -0.25) is 4.79 Å². The Morgan fingerprint density at radius 3 is 2.65 bits per heavy atom. The summed E-state index contributed by atoms with van der Waals surface area (Å²) < 4.78 is 10.5. The largest absolute Gasteiger partial charge is 0.469 e. The molecular weight excluding hydrogens is 258 g/mol. The Balaban J connectivity index is 1.97. The summed E-state index contributed by atoms with van der Waals surface area (Å²) in [6.45, 7) is 3.82. The Labute approximate surface area is 120 Å². The van der Waals surface area contributed by atoms with Gasteiger partial charge in [0.15, 0.2) is 0 Å². The van der Waals surface area contributed by atoms with E-state index in [0.29, 0.717) is 0 Å². The highest BCUT2D eigenvalue weighted by atomic mass is 16.6. The summed E-state index contributed by atoms with van der Waals surface area (Å²) in [7, 11) is 1.46. The first kappa shape index (κ1) is 15.1. The maximum Gasteiger partial charge on any atom is 0.407 e. The molecule has 0 saturated heterocycles. The second kappa shape index (κ2) is 6.02. The smallest absolute Gasteiger partial charge is 0.407 e. The molecule has 3 atom stereocenters. The fourth-order valence-corrected chi connectivity index (χ4v) is 3.67. The maximum absolute atomic E-state index is 12.0. The number of ether oxygens (including phenoxy) is 2. The number of fused-ring (bicyclic) bond motifs is 2. The van der Waals surface area contributed by atoms with Crippen LogP contribution in [-0.4, -0.2) is 31.3 Å². The van der Waals surface area contributed by atoms with Gasteiger partial charge in [0.25, 0.3) is 0 Å². The van der Waals surface area contributed by atoms with Gasteiger partial charge in [0.2, 0.25) is 0 Å². The third kappa shape index (κ3) is 3.07. The van der Waals surface area contributed by atoms with Crippen LogP contribution in [0.5, 0.6) is 0 Å². The van der Waals surface area contributed by atoms with E-state index in [0.717, 1.165) is 38.5 Å². The first-order valence-electron chi connectivity index (χ1n) is 7.52. The van der Waals surface area contributed by atoms with Crippen molar-refractivity contribution < 1.29 is 19.1 Å². The van der Waals surface area contributed by atoms with E-state index in [1.165, 1.54) is 7.11 Å². The second-order valence-electron chi connectivity index (χ2n) is 6.41. The van der Waals surface area contributed by atoms with Crippen molar-refractivity contribution >= 4 is 12.1 Å². The predicted molar refractivity (Wildman–Crippen MR) is 74.2 cm³/mol. The number of carbonyl (C=O) groups excluding carboxylic acids is 2. The molecular formula is C15H25NO4. The average molecular weight is 283 g/mol. The van der Waals surface area contributed by atoms with Crippen molar-refractivity contribution in [3.63, 3.8) is 0 Å². The van der Waals surface area contributed by atoms with Crippen molar-refractivity contribution in [3.05, 3.63) is 0 Å². The molecule has 2 saturated carbocycles. The van der Waals surface area contributed by atoms with E-state index in [1.807, 2.05) is 13.8 Å². The Hall–Kier alpha value is -1.26. The molecule has 0 radical (unpaired) electrons. The molecule has 1 amide bonds. The van der Waals surface area contributed by atoms with Crippen LogP contribution < -0.4 is 5.32 Å². The lowest BCUT2D eigenvalue weighted by Gasteiger charge is -2.46. The normalized spacial score (nSPS) is 32.6. The molecule has 2 fully saturated rings. The first-order valence-corrected chi connectivity index (χ1v) is 7.52. The second-order valence-corrected chi connectivity index (χ2v) is 6.41. The van der Waals surface area contributed by atoms with Gasteiger partial charge < -0.3 is 14.8 Å². The molecule has 0 aromatic rings. The van der Waals surface area contributed by atoms with Gasteiger partial charge in [-0.2, -0.15) is 0 Å². The topological polar surface area (TPSA) is 64.6 Å². The summed E-state index contributed by atoms with van der Waals surface area (Å²) >= 11 is 0. The van der Waals surface area contributed by atoms with Gasteiger partial charge in [-0.1, -0.05) is 6.42 Å². The lowest BCUT2D eigenvalue weighted by Crippen LogP contribution is -2.47. The first-order chi connectivity index (χ1) is 9.47. The van der Waals surface area contributed by atoms with Crippen LogP contribution in [0.1, 0.15) is 52.4 Å². The van der Waals surface area contributed by atoms with Crippen LogP contribution in [0.15, 0.2) is 0 Å². The zero-order valence-electron chi connectivity index (χ0n) is 12.6. The summed E-state index contributed by atoms with van der Waals surface area (Å²) in [5.41, 5.74) is -0.327. The molecule has 20 heavy (non-hydrogen) atoms. The number of methoxy groups -OCH3 is 1. The van der Waals surface area contributed by atoms with Gasteiger partial charge in [0, 0.05) is 6.04 Å². The summed E-state index contributed by atoms with van der Waals surface area (Å²) in [6, 6.07) is 0.0756. The third-order valence-electron chi connectivity index (χ3n) is 4.60. The maximum atomic E-state index is 12.0. The molecule has 5 nitrogen and oxygen atoms in total. The van der Waals surface area contributed by atoms with Gasteiger partial charge >= 0.3 is 12.1 Å². The van der Waals surface area contributed by atoms with E-state index in [2.05, 4.69) is 5.32 Å². The number of hydrogen-bond acceptors (Lipinski definition) is 4. The highest BCUT2D eigenvalue weighted by molar-refractivity contribution is 5.77. The van der Waals surface area contributed by atoms with Crippen LogP contribution in [-0.2, 0) is 14.3 Å². The van der Waals surface area contributed by atoms with E-state index in [9.17, 15) is 9.59 Å². The van der Waals surface area contributed by atoms with E-state index in [4.69, 9.17) is 9.47 Å². The summed E-state index contributed by atoms with van der Waals surface area (Å²) in [5, 5.41) is 2.75. The minimum absolute atomic E-state index is 0.0631. The lowest BCUT2D eigenvalue weighted by molar-refractivity contribution is -0.162. The molecule has 114 valence electrons. The molecule has 2 rings (SSSR count). The number of nitrogens with one attached hydrogen (secondary N) is 1. The monoisotopic (exact) mass is 283 g/mol. The SMILES string of the molecule is COC(=O)C12CCCC(C1)C(OC(=O)NC(C)C)CC2. The fourth-order valence-electron chi connectivity index (χ4n) is 3.67. The van der Waals surface area contributed by atoms with Crippen LogP contribution in [0.2, 0.25) is 0 Å². The fraction of sp³-hybridized carbons (Fsp3) is 0.867. The zero-order chi connectivity index (χ0) is 14.8. The van der Waals surface area contributed by atoms with Crippen LogP contribution in [0, 0.1) is 11.3 Å². The molecule has 0 spiro atoms. The van der Waals surface area contributed by atoms with E-state index >= 15 is 0 Å². The third-order valence-corrected chi connectivity index (χ3v) is 4.60. The minimum atomic E-state index is -0.346. The zero-order valence-corrected chi connectivity index (χ0v) is 12.6. The molecule has 5 heteroatoms. The van der Waals surface area contributed by atoms with Gasteiger partial charge in [-0.25, -0.2) is 4.79 Å². The Morgan fingerprint density at radius 1 is 1.25 bits per heavy atom. The molecule has 2 aliphatic carbocycles. The van der Waals surface area contributed by atoms with Crippen molar-refractivity contribution in [1.82, 2.24) is 5.32 Å². The highest BCUT2D eigenvalue weighted by Crippen LogP contribution is 2.50. The molecule has 2 aliphatic rings. The number of alkyl carbamates (subject to hydrolysis) is 1. The van der Waals surface area contributed by atoms with Crippen molar-refractivity contribution in [3.8, 4) is 0 Å². The van der Waals surface area contributed by atoms with E-state index in [-0.39, 0.29) is 35.5 Å². The van der Waals surface area contributed by atoms with Crippen LogP contribution in [0.3, 0.4) is 0 Å². The predicted octanol–water partition coefficient (Wildman–Crippen LogP) is 2.63. The minimum Gasteiger partial charge on any atom is -0.469 e. The molecule has 0 aliphatic heterocycles. The lowest BCUT2D eigenvalue weighted by atomic mass is 9.61. The van der Waals surface area contributed by atoms with Crippen molar-refractivity contribution in [1.29, 1.82) is 0 Å². The summed E-state index contributed by atoms with van der Waals surface area (Å²) in [4.78, 5) is 23.8.